The quantitative estimate of drug-likeness (QED) is 0.235. The molecule has 0 spiro atoms. The lowest BCUT2D eigenvalue weighted by atomic mass is 10.2. The van der Waals surface area contributed by atoms with Gasteiger partial charge in [-0.3, -0.25) is 9.59 Å². The molecule has 0 bridgehead atoms. The van der Waals surface area contributed by atoms with Gasteiger partial charge >= 0.3 is 0 Å². The molecule has 2 aromatic heterocycles. The Morgan fingerprint density at radius 1 is 1.07 bits per heavy atom. The van der Waals surface area contributed by atoms with Crippen LogP contribution in [0.15, 0.2) is 87.2 Å². The SMILES string of the molecule is Cc1cc(C=Nn2c(C)nc3ccc(Br)cc3c2=O)c(C)n1-c1ccc(OCC(=O)Nc2ccccc2F)cc1. The van der Waals surface area contributed by atoms with Crippen molar-refractivity contribution in [3.05, 3.63) is 116 Å². The standard InChI is InChI=1S/C30H25BrFN5O3/c1-18-14-21(16-33-37-20(3)34-27-13-8-22(31)15-25(27)30(37)39)19(2)36(18)23-9-11-24(12-10-23)40-17-29(38)35-28-7-5-4-6-26(28)32/h4-16H,17H2,1-3H3,(H,35,38). The minimum absolute atomic E-state index is 0.106. The molecule has 0 fully saturated rings. The number of nitrogens with zero attached hydrogens (tertiary/aromatic N) is 4. The van der Waals surface area contributed by atoms with E-state index in [1.54, 1.807) is 49.5 Å². The van der Waals surface area contributed by atoms with Gasteiger partial charge in [-0.2, -0.15) is 9.78 Å². The first kappa shape index (κ1) is 27.0. The molecule has 40 heavy (non-hydrogen) atoms. The maximum atomic E-state index is 13.7. The first-order valence-corrected chi connectivity index (χ1v) is 13.2. The van der Waals surface area contributed by atoms with Crippen molar-refractivity contribution in [2.45, 2.75) is 20.8 Å². The smallest absolute Gasteiger partial charge is 0.282 e. The zero-order valence-electron chi connectivity index (χ0n) is 22.0. The van der Waals surface area contributed by atoms with E-state index in [1.807, 2.05) is 38.1 Å². The molecule has 202 valence electrons. The Morgan fingerprint density at radius 3 is 2.58 bits per heavy atom. The summed E-state index contributed by atoms with van der Waals surface area (Å²) in [7, 11) is 0. The lowest BCUT2D eigenvalue weighted by Gasteiger charge is -2.12. The Balaban J connectivity index is 1.32. The van der Waals surface area contributed by atoms with Crippen molar-refractivity contribution in [2.75, 3.05) is 11.9 Å². The molecule has 0 unspecified atom stereocenters. The van der Waals surface area contributed by atoms with Gasteiger partial charge in [0.25, 0.3) is 11.5 Å². The van der Waals surface area contributed by atoms with E-state index in [-0.39, 0.29) is 17.9 Å². The Morgan fingerprint density at radius 2 is 1.82 bits per heavy atom. The van der Waals surface area contributed by atoms with E-state index >= 15 is 0 Å². The zero-order valence-corrected chi connectivity index (χ0v) is 23.6. The Kier molecular flexibility index (Phi) is 7.61. The number of hydrogen-bond acceptors (Lipinski definition) is 5. The number of carbonyl (C=O) groups is 1. The molecule has 1 N–H and O–H groups in total. The average Bonchev–Trinajstić information content (AvgIpc) is 3.22. The minimum atomic E-state index is -0.508. The number of para-hydroxylation sites is 1. The fourth-order valence-electron chi connectivity index (χ4n) is 4.42. The summed E-state index contributed by atoms with van der Waals surface area (Å²) in [4.78, 5) is 29.7. The Hall–Kier alpha value is -4.57. The molecule has 0 aliphatic carbocycles. The maximum absolute atomic E-state index is 13.7. The highest BCUT2D eigenvalue weighted by molar-refractivity contribution is 9.10. The van der Waals surface area contributed by atoms with Crippen LogP contribution in [-0.4, -0.2) is 33.0 Å². The molecule has 5 aromatic rings. The van der Waals surface area contributed by atoms with Gasteiger partial charge in [-0.05, 0) is 81.4 Å². The summed E-state index contributed by atoms with van der Waals surface area (Å²) in [5.74, 6) is 0.0234. The lowest BCUT2D eigenvalue weighted by molar-refractivity contribution is -0.118. The number of carbonyl (C=O) groups excluding carboxylic acids is 1. The number of halogens is 2. The van der Waals surface area contributed by atoms with E-state index in [0.717, 1.165) is 27.1 Å². The van der Waals surface area contributed by atoms with Crippen molar-refractivity contribution in [3.63, 3.8) is 0 Å². The predicted octanol–water partition coefficient (Wildman–Crippen LogP) is 5.91. The molecular formula is C30H25BrFN5O3. The third-order valence-corrected chi connectivity index (χ3v) is 6.86. The van der Waals surface area contributed by atoms with E-state index in [0.29, 0.717) is 22.5 Å². The number of anilines is 1. The van der Waals surface area contributed by atoms with Crippen LogP contribution in [0.25, 0.3) is 16.6 Å². The highest BCUT2D eigenvalue weighted by Gasteiger charge is 2.12. The Bertz CT molecular complexity index is 1830. The second kappa shape index (κ2) is 11.3. The first-order chi connectivity index (χ1) is 19.2. The van der Waals surface area contributed by atoms with Crippen molar-refractivity contribution in [3.8, 4) is 11.4 Å². The second-order valence-corrected chi connectivity index (χ2v) is 10.1. The van der Waals surface area contributed by atoms with Gasteiger partial charge in [-0.15, -0.1) is 0 Å². The summed E-state index contributed by atoms with van der Waals surface area (Å²) in [6.07, 6.45) is 1.66. The van der Waals surface area contributed by atoms with Crippen LogP contribution in [0.5, 0.6) is 5.75 Å². The number of aromatic nitrogens is 3. The van der Waals surface area contributed by atoms with E-state index < -0.39 is 11.7 Å². The van der Waals surface area contributed by atoms with Gasteiger partial charge in [0, 0.05) is 27.1 Å². The van der Waals surface area contributed by atoms with Gasteiger partial charge < -0.3 is 14.6 Å². The highest BCUT2D eigenvalue weighted by atomic mass is 79.9. The molecule has 0 radical (unpaired) electrons. The molecule has 10 heteroatoms. The molecule has 0 aliphatic rings. The van der Waals surface area contributed by atoms with Crippen LogP contribution in [-0.2, 0) is 4.79 Å². The van der Waals surface area contributed by atoms with Gasteiger partial charge in [-0.25, -0.2) is 9.37 Å². The molecule has 3 aromatic carbocycles. The largest absolute Gasteiger partial charge is 0.484 e. The topological polar surface area (TPSA) is 90.5 Å². The summed E-state index contributed by atoms with van der Waals surface area (Å²) in [6.45, 7) is 5.44. The van der Waals surface area contributed by atoms with Crippen LogP contribution in [0, 0.1) is 26.6 Å². The number of nitrogens with one attached hydrogen (secondary N) is 1. The van der Waals surface area contributed by atoms with Gasteiger partial charge in [0.15, 0.2) is 6.61 Å². The molecule has 0 saturated carbocycles. The van der Waals surface area contributed by atoms with Gasteiger partial charge in [-0.1, -0.05) is 28.1 Å². The summed E-state index contributed by atoms with van der Waals surface area (Å²) < 4.78 is 23.5. The number of benzene rings is 3. The number of aryl methyl sites for hydroxylation is 2. The van der Waals surface area contributed by atoms with Gasteiger partial charge in [0.05, 0.1) is 22.8 Å². The average molecular weight is 602 g/mol. The van der Waals surface area contributed by atoms with Crippen LogP contribution in [0.2, 0.25) is 0 Å². The monoisotopic (exact) mass is 601 g/mol. The molecule has 1 amide bonds. The fraction of sp³-hybridized carbons (Fsp3) is 0.133. The van der Waals surface area contributed by atoms with Crippen molar-refractivity contribution in [1.29, 1.82) is 0 Å². The number of amides is 1. The molecular weight excluding hydrogens is 577 g/mol. The van der Waals surface area contributed by atoms with Crippen LogP contribution in [0.1, 0.15) is 22.8 Å². The summed E-state index contributed by atoms with van der Waals surface area (Å²) in [6, 6.07) is 20.6. The molecule has 0 aliphatic heterocycles. The predicted molar refractivity (Wildman–Crippen MR) is 157 cm³/mol. The summed E-state index contributed by atoms with van der Waals surface area (Å²) >= 11 is 3.41. The lowest BCUT2D eigenvalue weighted by Crippen LogP contribution is -2.20. The van der Waals surface area contributed by atoms with E-state index in [2.05, 4.69) is 35.9 Å². The van der Waals surface area contributed by atoms with Crippen molar-refractivity contribution < 1.29 is 13.9 Å². The fourth-order valence-corrected chi connectivity index (χ4v) is 4.78. The zero-order chi connectivity index (χ0) is 28.4. The molecule has 0 saturated heterocycles. The third kappa shape index (κ3) is 5.57. The number of hydrogen-bond donors (Lipinski definition) is 1. The molecule has 2 heterocycles. The molecule has 0 atom stereocenters. The molecule has 5 rings (SSSR count). The van der Waals surface area contributed by atoms with Gasteiger partial charge in [0.1, 0.15) is 17.4 Å². The normalized spacial score (nSPS) is 11.3. The Labute approximate surface area is 237 Å². The van der Waals surface area contributed by atoms with Crippen LogP contribution < -0.4 is 15.6 Å². The van der Waals surface area contributed by atoms with Crippen LogP contribution >= 0.6 is 15.9 Å². The minimum Gasteiger partial charge on any atom is -0.484 e. The summed E-state index contributed by atoms with van der Waals surface area (Å²) in [5, 5.41) is 7.44. The van der Waals surface area contributed by atoms with Crippen molar-refractivity contribution >= 4 is 44.6 Å². The highest BCUT2D eigenvalue weighted by Crippen LogP contribution is 2.23. The first-order valence-electron chi connectivity index (χ1n) is 12.4. The summed E-state index contributed by atoms with van der Waals surface area (Å²) in [5.41, 5.74) is 4.13. The van der Waals surface area contributed by atoms with Crippen LogP contribution in [0.3, 0.4) is 0 Å². The number of rotatable bonds is 7. The number of fused-ring (bicyclic) bond motifs is 1. The van der Waals surface area contributed by atoms with E-state index in [1.165, 1.54) is 16.8 Å². The second-order valence-electron chi connectivity index (χ2n) is 9.15. The number of ether oxygens (including phenoxy) is 1. The van der Waals surface area contributed by atoms with Crippen LogP contribution in [0.4, 0.5) is 10.1 Å². The molecule has 8 nitrogen and oxygen atoms in total. The van der Waals surface area contributed by atoms with E-state index in [4.69, 9.17) is 4.74 Å². The van der Waals surface area contributed by atoms with Crippen molar-refractivity contribution in [1.82, 2.24) is 14.2 Å². The van der Waals surface area contributed by atoms with Crippen molar-refractivity contribution in [2.24, 2.45) is 5.10 Å². The maximum Gasteiger partial charge on any atom is 0.282 e. The van der Waals surface area contributed by atoms with E-state index in [9.17, 15) is 14.0 Å². The third-order valence-electron chi connectivity index (χ3n) is 6.37. The van der Waals surface area contributed by atoms with Gasteiger partial charge in [0.2, 0.25) is 0 Å².